The van der Waals surface area contributed by atoms with Crippen molar-refractivity contribution >= 4 is 22.4 Å². The van der Waals surface area contributed by atoms with Crippen molar-refractivity contribution in [1.29, 1.82) is 0 Å². The van der Waals surface area contributed by atoms with E-state index in [1.54, 1.807) is 0 Å². The molecule has 2 aliphatic carbocycles. The summed E-state index contributed by atoms with van der Waals surface area (Å²) in [6.45, 7) is 5.62. The third-order valence-corrected chi connectivity index (χ3v) is 6.20. The lowest BCUT2D eigenvalue weighted by Gasteiger charge is -2.18. The van der Waals surface area contributed by atoms with Crippen LogP contribution in [0, 0.1) is 24.7 Å². The van der Waals surface area contributed by atoms with Crippen LogP contribution in [-0.2, 0) is 0 Å². The first kappa shape index (κ1) is 14.8. The van der Waals surface area contributed by atoms with E-state index < -0.39 is 0 Å². The third kappa shape index (κ3) is 3.07. The van der Waals surface area contributed by atoms with Crippen LogP contribution in [0.15, 0.2) is 0 Å². The summed E-state index contributed by atoms with van der Waals surface area (Å²) in [6.07, 6.45) is 6.83. The van der Waals surface area contributed by atoms with Crippen molar-refractivity contribution in [3.8, 4) is 0 Å². The molecule has 116 valence electrons. The number of aryl methyl sites for hydroxylation is 1. The van der Waals surface area contributed by atoms with Gasteiger partial charge in [0.25, 0.3) is 5.91 Å². The number of carbonyl (C=O) groups is 1. The molecule has 1 aromatic heterocycles. The fourth-order valence-corrected chi connectivity index (χ4v) is 5.03. The summed E-state index contributed by atoms with van der Waals surface area (Å²) < 4.78 is 0. The highest BCUT2D eigenvalue weighted by atomic mass is 32.1. The molecular formula is C16H25N3OS. The molecule has 2 N–H and O–H groups in total. The first-order valence-corrected chi connectivity index (χ1v) is 9.00. The molecule has 0 aliphatic heterocycles. The van der Waals surface area contributed by atoms with Gasteiger partial charge in [0.1, 0.15) is 4.88 Å². The zero-order chi connectivity index (χ0) is 14.8. The predicted octanol–water partition coefficient (Wildman–Crippen LogP) is 3.44. The molecule has 0 radical (unpaired) electrons. The van der Waals surface area contributed by atoms with Gasteiger partial charge >= 0.3 is 0 Å². The highest BCUT2D eigenvalue weighted by Crippen LogP contribution is 2.47. The Hall–Kier alpha value is -1.10. The average Bonchev–Trinajstić information content (AvgIpc) is 3.12. The van der Waals surface area contributed by atoms with E-state index in [0.717, 1.165) is 40.6 Å². The third-order valence-electron chi connectivity index (χ3n) is 5.09. The van der Waals surface area contributed by atoms with Crippen LogP contribution >= 0.6 is 11.3 Å². The van der Waals surface area contributed by atoms with Gasteiger partial charge in [-0.05, 0) is 50.9 Å². The minimum absolute atomic E-state index is 0.0515. The molecule has 21 heavy (non-hydrogen) atoms. The number of anilines is 1. The van der Waals surface area contributed by atoms with Crippen molar-refractivity contribution in [3.63, 3.8) is 0 Å². The van der Waals surface area contributed by atoms with Crippen LogP contribution in [0.1, 0.15) is 54.4 Å². The molecule has 1 aromatic rings. The Morgan fingerprint density at radius 1 is 1.33 bits per heavy atom. The second kappa shape index (κ2) is 6.34. The number of amides is 1. The monoisotopic (exact) mass is 307 g/mol. The topological polar surface area (TPSA) is 54.0 Å². The minimum atomic E-state index is 0.0515. The van der Waals surface area contributed by atoms with Gasteiger partial charge in [0, 0.05) is 13.1 Å². The summed E-state index contributed by atoms with van der Waals surface area (Å²) in [5, 5.41) is 7.18. The van der Waals surface area contributed by atoms with Gasteiger partial charge < -0.3 is 10.6 Å². The van der Waals surface area contributed by atoms with Gasteiger partial charge in [-0.3, -0.25) is 4.79 Å². The van der Waals surface area contributed by atoms with E-state index in [0.29, 0.717) is 5.92 Å². The Balaban J connectivity index is 1.56. The molecule has 0 unspecified atom stereocenters. The molecule has 0 bridgehead atoms. The van der Waals surface area contributed by atoms with Crippen molar-refractivity contribution in [2.45, 2.75) is 46.0 Å². The van der Waals surface area contributed by atoms with E-state index in [1.165, 1.54) is 43.4 Å². The summed E-state index contributed by atoms with van der Waals surface area (Å²) in [6, 6.07) is 0. The van der Waals surface area contributed by atoms with Crippen molar-refractivity contribution < 1.29 is 4.79 Å². The molecule has 4 nitrogen and oxygen atoms in total. The number of aromatic nitrogens is 1. The van der Waals surface area contributed by atoms with Crippen molar-refractivity contribution in [3.05, 3.63) is 10.6 Å². The number of fused-ring (bicyclic) bond motifs is 1. The zero-order valence-corrected chi connectivity index (χ0v) is 13.8. The maximum Gasteiger partial charge on any atom is 0.263 e. The normalized spacial score (nSPS) is 27.6. The van der Waals surface area contributed by atoms with Crippen molar-refractivity contribution in [2.75, 3.05) is 18.4 Å². The molecule has 2 fully saturated rings. The number of carbonyl (C=O) groups excluding carboxylic acids is 1. The number of thiazole rings is 1. The molecule has 0 aromatic carbocycles. The largest absolute Gasteiger partial charge is 0.362 e. The van der Waals surface area contributed by atoms with Gasteiger partial charge in [-0.2, -0.15) is 0 Å². The van der Waals surface area contributed by atoms with Crippen LogP contribution in [0.3, 0.4) is 0 Å². The van der Waals surface area contributed by atoms with Crippen LogP contribution in [0.25, 0.3) is 0 Å². The van der Waals surface area contributed by atoms with Gasteiger partial charge in [-0.25, -0.2) is 4.98 Å². The summed E-state index contributed by atoms with van der Waals surface area (Å²) in [7, 11) is 0. The average molecular weight is 307 g/mol. The van der Waals surface area contributed by atoms with Gasteiger partial charge in [0.2, 0.25) is 0 Å². The number of nitrogens with one attached hydrogen (secondary N) is 2. The SMILES string of the molecule is CCNc1nc(C)c(C(=O)NC[C@H]2CC[C@@H]3CCC[C@@H]32)s1. The fraction of sp³-hybridized carbons (Fsp3) is 0.750. The van der Waals surface area contributed by atoms with Crippen molar-refractivity contribution in [2.24, 2.45) is 17.8 Å². The first-order valence-electron chi connectivity index (χ1n) is 8.18. The first-order chi connectivity index (χ1) is 10.2. The highest BCUT2D eigenvalue weighted by Gasteiger charge is 2.38. The van der Waals surface area contributed by atoms with E-state index in [9.17, 15) is 4.79 Å². The Bertz CT molecular complexity index is 514. The highest BCUT2D eigenvalue weighted by molar-refractivity contribution is 7.17. The molecule has 0 spiro atoms. The summed E-state index contributed by atoms with van der Waals surface area (Å²) in [5.74, 6) is 2.56. The second-order valence-electron chi connectivity index (χ2n) is 6.37. The maximum atomic E-state index is 12.4. The molecule has 3 rings (SSSR count). The second-order valence-corrected chi connectivity index (χ2v) is 7.37. The van der Waals surface area contributed by atoms with Gasteiger partial charge in [0.15, 0.2) is 5.13 Å². The van der Waals surface area contributed by atoms with Crippen LogP contribution in [0.4, 0.5) is 5.13 Å². The summed E-state index contributed by atoms with van der Waals surface area (Å²) >= 11 is 1.46. The van der Waals surface area contributed by atoms with Gasteiger partial charge in [-0.1, -0.05) is 24.2 Å². The fourth-order valence-electron chi connectivity index (χ4n) is 4.08. The Labute approximate surface area is 130 Å². The lowest BCUT2D eigenvalue weighted by atomic mass is 9.92. The summed E-state index contributed by atoms with van der Waals surface area (Å²) in [4.78, 5) is 17.5. The van der Waals surface area contributed by atoms with E-state index in [2.05, 4.69) is 15.6 Å². The maximum absolute atomic E-state index is 12.4. The number of nitrogens with zero attached hydrogens (tertiary/aromatic N) is 1. The molecule has 5 heteroatoms. The Morgan fingerprint density at radius 2 is 2.19 bits per heavy atom. The van der Waals surface area contributed by atoms with E-state index in [4.69, 9.17) is 0 Å². The molecule has 2 saturated carbocycles. The molecular weight excluding hydrogens is 282 g/mol. The molecule has 3 atom stereocenters. The smallest absolute Gasteiger partial charge is 0.263 e. The van der Waals surface area contributed by atoms with Crippen molar-refractivity contribution in [1.82, 2.24) is 10.3 Å². The van der Waals surface area contributed by atoms with Crippen LogP contribution < -0.4 is 10.6 Å². The number of hydrogen-bond acceptors (Lipinski definition) is 4. The van der Waals surface area contributed by atoms with E-state index in [-0.39, 0.29) is 5.91 Å². The lowest BCUT2D eigenvalue weighted by molar-refractivity contribution is 0.0946. The summed E-state index contributed by atoms with van der Waals surface area (Å²) in [5.41, 5.74) is 0.832. The van der Waals surface area contributed by atoms with Gasteiger partial charge in [-0.15, -0.1) is 0 Å². The lowest BCUT2D eigenvalue weighted by Crippen LogP contribution is -2.30. The van der Waals surface area contributed by atoms with E-state index in [1.807, 2.05) is 13.8 Å². The quantitative estimate of drug-likeness (QED) is 0.876. The number of rotatable bonds is 5. The predicted molar refractivity (Wildman–Crippen MR) is 86.9 cm³/mol. The van der Waals surface area contributed by atoms with Crippen LogP contribution in [0.5, 0.6) is 0 Å². The van der Waals surface area contributed by atoms with Crippen LogP contribution in [-0.4, -0.2) is 24.0 Å². The minimum Gasteiger partial charge on any atom is -0.362 e. The molecule has 1 heterocycles. The Kier molecular flexibility index (Phi) is 4.48. The van der Waals surface area contributed by atoms with Gasteiger partial charge in [0.05, 0.1) is 5.69 Å². The molecule has 0 saturated heterocycles. The molecule has 1 amide bonds. The zero-order valence-electron chi connectivity index (χ0n) is 12.9. The van der Waals surface area contributed by atoms with E-state index >= 15 is 0 Å². The standard InChI is InChI=1S/C16H25N3OS/c1-3-17-16-19-10(2)14(21-16)15(20)18-9-12-8-7-11-5-4-6-13(11)12/h11-13H,3-9H2,1-2H3,(H,17,19)(H,18,20)/t11-,12+,13-/m0/s1. The number of hydrogen-bond donors (Lipinski definition) is 2. The molecule has 2 aliphatic rings. The van der Waals surface area contributed by atoms with Crippen LogP contribution in [0.2, 0.25) is 0 Å². The Morgan fingerprint density at radius 3 is 3.00 bits per heavy atom.